The third-order valence-corrected chi connectivity index (χ3v) is 15.9. The van der Waals surface area contributed by atoms with Crippen LogP contribution in [0, 0.1) is 45.3 Å². The van der Waals surface area contributed by atoms with Gasteiger partial charge in [-0.25, -0.2) is 0 Å². The molecule has 292 valence electrons. The molecule has 11 heteroatoms. The number of carbonyl (C=O) groups is 2. The van der Waals surface area contributed by atoms with Crippen molar-refractivity contribution in [3.63, 3.8) is 0 Å². The molecule has 6 aliphatic rings. The van der Waals surface area contributed by atoms with Gasteiger partial charge < -0.3 is 44.1 Å². The molecule has 51 heavy (non-hydrogen) atoms. The quantitative estimate of drug-likeness (QED) is 0.213. The Balaban J connectivity index is 1.30. The van der Waals surface area contributed by atoms with Crippen LogP contribution < -0.4 is 0 Å². The van der Waals surface area contributed by atoms with Gasteiger partial charge in [0.25, 0.3) is 0 Å². The Bertz CT molecular complexity index is 1330. The van der Waals surface area contributed by atoms with E-state index >= 15 is 0 Å². The lowest BCUT2D eigenvalue weighted by Crippen LogP contribution is -2.68. The van der Waals surface area contributed by atoms with Crippen molar-refractivity contribution in [3.8, 4) is 0 Å². The number of aliphatic hydroxyl groups is 4. The maximum absolute atomic E-state index is 12.9. The second kappa shape index (κ2) is 13.2. The van der Waals surface area contributed by atoms with Crippen molar-refractivity contribution in [3.05, 3.63) is 0 Å². The lowest BCUT2D eigenvalue weighted by Gasteiger charge is -2.71. The predicted octanol–water partition coefficient (Wildman–Crippen LogP) is 4.68. The number of hydrogen-bond acceptors (Lipinski definition) is 11. The third kappa shape index (κ3) is 6.21. The predicted molar refractivity (Wildman–Crippen MR) is 187 cm³/mol. The van der Waals surface area contributed by atoms with E-state index in [-0.39, 0.29) is 63.4 Å². The maximum Gasteiger partial charge on any atom is 0.303 e. The van der Waals surface area contributed by atoms with Crippen LogP contribution in [-0.2, 0) is 33.3 Å². The highest BCUT2D eigenvalue weighted by Gasteiger charge is 2.73. The van der Waals surface area contributed by atoms with Gasteiger partial charge in [0.1, 0.15) is 24.4 Å². The zero-order chi connectivity index (χ0) is 37.7. The third-order valence-electron chi connectivity index (χ3n) is 15.9. The fraction of sp³-hybridized carbons (Fsp3) is 0.950. The number of aliphatic hydroxyl groups excluding tert-OH is 3. The minimum atomic E-state index is -1.48. The summed E-state index contributed by atoms with van der Waals surface area (Å²) in [4.78, 5) is 24.9. The van der Waals surface area contributed by atoms with Crippen LogP contribution in [0.2, 0.25) is 0 Å². The largest absolute Gasteiger partial charge is 0.462 e. The van der Waals surface area contributed by atoms with Gasteiger partial charge in [0, 0.05) is 19.8 Å². The van der Waals surface area contributed by atoms with Gasteiger partial charge in [-0.05, 0) is 118 Å². The van der Waals surface area contributed by atoms with Crippen LogP contribution in [0.3, 0.4) is 0 Å². The summed E-state index contributed by atoms with van der Waals surface area (Å²) in [6.07, 6.45) is 0.889. The first-order chi connectivity index (χ1) is 23.5. The van der Waals surface area contributed by atoms with Gasteiger partial charge in [0.2, 0.25) is 0 Å². The molecule has 4 saturated carbocycles. The number of esters is 2. The van der Waals surface area contributed by atoms with E-state index in [1.54, 1.807) is 0 Å². The molecule has 2 saturated heterocycles. The summed E-state index contributed by atoms with van der Waals surface area (Å²) in [5.41, 5.74) is -1.92. The van der Waals surface area contributed by atoms with Crippen LogP contribution in [0.25, 0.3) is 0 Å². The van der Waals surface area contributed by atoms with Gasteiger partial charge in [0.15, 0.2) is 12.4 Å². The summed E-state index contributed by atoms with van der Waals surface area (Å²) in [6, 6.07) is 0. The Labute approximate surface area is 304 Å². The van der Waals surface area contributed by atoms with Crippen molar-refractivity contribution in [2.75, 3.05) is 6.61 Å². The maximum atomic E-state index is 12.9. The molecule has 2 aliphatic heterocycles. The molecule has 0 spiro atoms. The molecule has 6 fully saturated rings. The fourth-order valence-corrected chi connectivity index (χ4v) is 13.3. The van der Waals surface area contributed by atoms with Crippen LogP contribution in [0.5, 0.6) is 0 Å². The first-order valence-electron chi connectivity index (χ1n) is 19.6. The molecule has 2 heterocycles. The summed E-state index contributed by atoms with van der Waals surface area (Å²) < 4.78 is 31.3. The highest BCUT2D eigenvalue weighted by atomic mass is 16.7. The zero-order valence-corrected chi connectivity index (χ0v) is 32.6. The van der Waals surface area contributed by atoms with Crippen LogP contribution in [0.15, 0.2) is 0 Å². The number of carbonyl (C=O) groups excluding carboxylic acids is 2. The molecule has 0 radical (unpaired) electrons. The summed E-state index contributed by atoms with van der Waals surface area (Å²) in [5, 5.41) is 42.2. The first kappa shape index (κ1) is 39.4. The number of ether oxygens (including phenoxy) is 5. The van der Waals surface area contributed by atoms with Gasteiger partial charge in [-0.3, -0.25) is 9.59 Å². The molecule has 0 bridgehead atoms. The first-order valence-corrected chi connectivity index (χ1v) is 19.6. The molecule has 16 atom stereocenters. The minimum Gasteiger partial charge on any atom is -0.462 e. The van der Waals surface area contributed by atoms with E-state index in [4.69, 9.17) is 23.7 Å². The van der Waals surface area contributed by atoms with E-state index in [9.17, 15) is 30.0 Å². The van der Waals surface area contributed by atoms with E-state index in [0.717, 1.165) is 51.4 Å². The molecule has 16 unspecified atom stereocenters. The highest BCUT2D eigenvalue weighted by Crippen LogP contribution is 2.76. The van der Waals surface area contributed by atoms with Crippen molar-refractivity contribution in [1.29, 1.82) is 0 Å². The van der Waals surface area contributed by atoms with E-state index in [2.05, 4.69) is 41.5 Å². The van der Waals surface area contributed by atoms with Crippen LogP contribution in [-0.4, -0.2) is 99.2 Å². The van der Waals surface area contributed by atoms with E-state index < -0.39 is 48.9 Å². The molecular weight excluding hydrogens is 656 g/mol. The fourth-order valence-electron chi connectivity index (χ4n) is 13.3. The summed E-state index contributed by atoms with van der Waals surface area (Å²) >= 11 is 0. The average molecular weight is 723 g/mol. The standard InChI is InChI=1S/C40H66O11/c1-21(42)47-25-19-24-23(40(10)18-14-29(51-40)36(5,6)46)11-16-38(24,8)39(9)17-12-27-35(3,4)28(13-15-37(27,7)33(25)39)50-34-32(48-22(2)43)31(45)30(44)26(20-41)49-34/h23-34,41,44-46H,11-20H2,1-10H3. The Morgan fingerprint density at radius 3 is 2.06 bits per heavy atom. The second-order valence-electron chi connectivity index (χ2n) is 19.4. The lowest BCUT2D eigenvalue weighted by atomic mass is 9.35. The second-order valence-corrected chi connectivity index (χ2v) is 19.4. The number of rotatable bonds is 7. The Morgan fingerprint density at radius 2 is 1.47 bits per heavy atom. The molecule has 0 aromatic heterocycles. The van der Waals surface area contributed by atoms with E-state index in [1.807, 2.05) is 13.8 Å². The van der Waals surface area contributed by atoms with Crippen molar-refractivity contribution in [1.82, 2.24) is 0 Å². The summed E-state index contributed by atoms with van der Waals surface area (Å²) in [6.45, 7) is 20.0. The molecule has 6 rings (SSSR count). The van der Waals surface area contributed by atoms with Crippen molar-refractivity contribution < 1.29 is 53.7 Å². The van der Waals surface area contributed by atoms with Crippen molar-refractivity contribution >= 4 is 11.9 Å². The zero-order valence-electron chi connectivity index (χ0n) is 32.6. The molecule has 11 nitrogen and oxygen atoms in total. The van der Waals surface area contributed by atoms with Gasteiger partial charge in [-0.1, -0.05) is 34.6 Å². The van der Waals surface area contributed by atoms with Gasteiger partial charge in [-0.2, -0.15) is 0 Å². The Hall–Kier alpha value is -1.34. The Morgan fingerprint density at radius 1 is 0.824 bits per heavy atom. The van der Waals surface area contributed by atoms with E-state index in [1.165, 1.54) is 13.8 Å². The topological polar surface area (TPSA) is 161 Å². The smallest absolute Gasteiger partial charge is 0.303 e. The summed E-state index contributed by atoms with van der Waals surface area (Å²) in [5.74, 6) is 0.0370. The molecule has 4 N–H and O–H groups in total. The molecule has 0 amide bonds. The SMILES string of the molecule is CC(=O)OC1CC2C(C3(C)CCC(C(C)(C)O)O3)CCC2(C)C2(C)CCC3C(C)(C)C(OC4OC(CO)C(O)C(O)C4OC(C)=O)CCC3(C)C12. The van der Waals surface area contributed by atoms with Crippen molar-refractivity contribution in [2.45, 2.75) is 187 Å². The number of fused-ring (bicyclic) bond motifs is 5. The summed E-state index contributed by atoms with van der Waals surface area (Å²) in [7, 11) is 0. The average Bonchev–Trinajstić information content (AvgIpc) is 3.59. The highest BCUT2D eigenvalue weighted by molar-refractivity contribution is 5.66. The van der Waals surface area contributed by atoms with Crippen molar-refractivity contribution in [2.24, 2.45) is 45.3 Å². The van der Waals surface area contributed by atoms with Crippen LogP contribution in [0.4, 0.5) is 0 Å². The molecular formula is C40H66O11. The van der Waals surface area contributed by atoms with Gasteiger partial charge >= 0.3 is 11.9 Å². The lowest BCUT2D eigenvalue weighted by molar-refractivity contribution is -0.334. The number of hydrogen-bond donors (Lipinski definition) is 4. The van der Waals surface area contributed by atoms with E-state index in [0.29, 0.717) is 18.3 Å². The Kier molecular flexibility index (Phi) is 10.2. The van der Waals surface area contributed by atoms with Crippen LogP contribution in [0.1, 0.15) is 127 Å². The monoisotopic (exact) mass is 722 g/mol. The van der Waals surface area contributed by atoms with Gasteiger partial charge in [0.05, 0.1) is 30.0 Å². The molecule has 4 aliphatic carbocycles. The normalized spacial score (nSPS) is 50.9. The molecule has 0 aromatic rings. The minimum absolute atomic E-state index is 0.00705. The van der Waals surface area contributed by atoms with Crippen LogP contribution >= 0.6 is 0 Å². The molecule has 0 aromatic carbocycles. The van der Waals surface area contributed by atoms with Gasteiger partial charge in [-0.15, -0.1) is 0 Å².